The van der Waals surface area contributed by atoms with Crippen molar-refractivity contribution in [1.82, 2.24) is 4.90 Å². The molecule has 2 aliphatic rings. The molecule has 1 heteroatoms. The summed E-state index contributed by atoms with van der Waals surface area (Å²) < 4.78 is 0. The van der Waals surface area contributed by atoms with Gasteiger partial charge in [0.15, 0.2) is 0 Å². The van der Waals surface area contributed by atoms with Crippen LogP contribution in [0.15, 0.2) is 0 Å². The summed E-state index contributed by atoms with van der Waals surface area (Å²) in [5.41, 5.74) is 0.753. The third-order valence-electron chi connectivity index (χ3n) is 5.06. The Bertz CT molecular complexity index is 240. The van der Waals surface area contributed by atoms with Crippen molar-refractivity contribution < 1.29 is 0 Å². The van der Waals surface area contributed by atoms with E-state index in [0.717, 1.165) is 23.2 Å². The minimum absolute atomic E-state index is 0.753. The monoisotopic (exact) mass is 251 g/mol. The zero-order valence-corrected chi connectivity index (χ0v) is 13.0. The zero-order valence-electron chi connectivity index (χ0n) is 13.0. The first-order valence-electron chi connectivity index (χ1n) is 8.21. The SMILES string of the molecule is CC(C)CCC1CCC2(CC1)CN(CC(C)C)C2. The molecule has 0 aromatic carbocycles. The molecule has 0 N–H and O–H groups in total. The Balaban J connectivity index is 1.65. The minimum Gasteiger partial charge on any atom is -0.302 e. The van der Waals surface area contributed by atoms with Crippen LogP contribution >= 0.6 is 0 Å². The third-order valence-corrected chi connectivity index (χ3v) is 5.06. The molecule has 0 amide bonds. The van der Waals surface area contributed by atoms with E-state index in [9.17, 15) is 0 Å². The molecule has 0 unspecified atom stereocenters. The summed E-state index contributed by atoms with van der Waals surface area (Å²) in [6.45, 7) is 13.5. The second kappa shape index (κ2) is 5.94. The number of hydrogen-bond donors (Lipinski definition) is 0. The van der Waals surface area contributed by atoms with E-state index in [0.29, 0.717) is 0 Å². The number of likely N-dealkylation sites (tertiary alicyclic amines) is 1. The predicted molar refractivity (Wildman–Crippen MR) is 79.7 cm³/mol. The summed E-state index contributed by atoms with van der Waals surface area (Å²) in [5, 5.41) is 0. The summed E-state index contributed by atoms with van der Waals surface area (Å²) in [7, 11) is 0. The Labute approximate surface area is 114 Å². The third kappa shape index (κ3) is 3.73. The molecule has 2 fully saturated rings. The predicted octanol–water partition coefficient (Wildman–Crippen LogP) is 4.57. The van der Waals surface area contributed by atoms with E-state index in [1.54, 1.807) is 0 Å². The van der Waals surface area contributed by atoms with Crippen molar-refractivity contribution >= 4 is 0 Å². The van der Waals surface area contributed by atoms with Gasteiger partial charge in [0.25, 0.3) is 0 Å². The fourth-order valence-corrected chi connectivity index (χ4v) is 4.01. The van der Waals surface area contributed by atoms with Crippen LogP contribution in [0.4, 0.5) is 0 Å². The molecule has 0 aromatic heterocycles. The van der Waals surface area contributed by atoms with Crippen LogP contribution in [0, 0.1) is 23.2 Å². The topological polar surface area (TPSA) is 3.24 Å². The van der Waals surface area contributed by atoms with Gasteiger partial charge in [-0.15, -0.1) is 0 Å². The van der Waals surface area contributed by atoms with E-state index in [-0.39, 0.29) is 0 Å². The lowest BCUT2D eigenvalue weighted by atomic mass is 9.65. The van der Waals surface area contributed by atoms with Gasteiger partial charge in [-0.3, -0.25) is 0 Å². The highest BCUT2D eigenvalue weighted by molar-refractivity contribution is 4.97. The molecule has 1 saturated heterocycles. The van der Waals surface area contributed by atoms with Gasteiger partial charge in [0.2, 0.25) is 0 Å². The first-order valence-corrected chi connectivity index (χ1v) is 8.21. The summed E-state index contributed by atoms with van der Waals surface area (Å²) in [4.78, 5) is 2.68. The van der Waals surface area contributed by atoms with E-state index in [1.807, 2.05) is 0 Å². The van der Waals surface area contributed by atoms with Crippen LogP contribution in [0.3, 0.4) is 0 Å². The lowest BCUT2D eigenvalue weighted by Crippen LogP contribution is -2.58. The highest BCUT2D eigenvalue weighted by Gasteiger charge is 2.44. The van der Waals surface area contributed by atoms with Gasteiger partial charge in [-0.05, 0) is 48.9 Å². The molecule has 0 bridgehead atoms. The van der Waals surface area contributed by atoms with E-state index < -0.39 is 0 Å². The van der Waals surface area contributed by atoms with Gasteiger partial charge >= 0.3 is 0 Å². The fraction of sp³-hybridized carbons (Fsp3) is 1.00. The molecular weight excluding hydrogens is 218 g/mol. The van der Waals surface area contributed by atoms with Crippen molar-refractivity contribution in [3.05, 3.63) is 0 Å². The Hall–Kier alpha value is -0.0400. The first kappa shape index (κ1) is 14.4. The van der Waals surface area contributed by atoms with Gasteiger partial charge in [-0.1, -0.05) is 40.5 Å². The van der Waals surface area contributed by atoms with Crippen LogP contribution in [0.5, 0.6) is 0 Å². The van der Waals surface area contributed by atoms with Crippen molar-refractivity contribution in [3.8, 4) is 0 Å². The Morgan fingerprint density at radius 1 is 1.00 bits per heavy atom. The van der Waals surface area contributed by atoms with E-state index in [1.165, 1.54) is 58.2 Å². The maximum absolute atomic E-state index is 2.68. The smallest absolute Gasteiger partial charge is 0.00506 e. The second-order valence-corrected chi connectivity index (χ2v) is 7.98. The quantitative estimate of drug-likeness (QED) is 0.692. The zero-order chi connectivity index (χ0) is 13.2. The summed E-state index contributed by atoms with van der Waals surface area (Å²) in [6, 6.07) is 0. The van der Waals surface area contributed by atoms with Crippen molar-refractivity contribution in [2.45, 2.75) is 66.2 Å². The van der Waals surface area contributed by atoms with Crippen LogP contribution in [0.1, 0.15) is 66.2 Å². The van der Waals surface area contributed by atoms with Crippen LogP contribution in [-0.2, 0) is 0 Å². The highest BCUT2D eigenvalue weighted by Crippen LogP contribution is 2.46. The molecule has 0 aromatic rings. The fourth-order valence-electron chi connectivity index (χ4n) is 4.01. The summed E-state index contributed by atoms with van der Waals surface area (Å²) in [5.74, 6) is 2.79. The Morgan fingerprint density at radius 3 is 2.11 bits per heavy atom. The molecule has 0 radical (unpaired) electrons. The molecule has 0 atom stereocenters. The Morgan fingerprint density at radius 2 is 1.61 bits per heavy atom. The molecule has 1 saturated carbocycles. The molecule has 1 nitrogen and oxygen atoms in total. The molecular formula is C17H33N. The lowest BCUT2D eigenvalue weighted by Gasteiger charge is -2.54. The van der Waals surface area contributed by atoms with Gasteiger partial charge < -0.3 is 4.90 Å². The van der Waals surface area contributed by atoms with Gasteiger partial charge in [0, 0.05) is 19.6 Å². The average Bonchev–Trinajstić information content (AvgIpc) is 2.25. The van der Waals surface area contributed by atoms with E-state index in [4.69, 9.17) is 0 Å². The average molecular weight is 251 g/mol. The van der Waals surface area contributed by atoms with Crippen LogP contribution in [0.25, 0.3) is 0 Å². The van der Waals surface area contributed by atoms with E-state index >= 15 is 0 Å². The van der Waals surface area contributed by atoms with Crippen LogP contribution in [0.2, 0.25) is 0 Å². The second-order valence-electron chi connectivity index (χ2n) is 7.98. The van der Waals surface area contributed by atoms with E-state index in [2.05, 4.69) is 32.6 Å². The Kier molecular flexibility index (Phi) is 4.75. The van der Waals surface area contributed by atoms with Gasteiger partial charge in [-0.2, -0.15) is 0 Å². The van der Waals surface area contributed by atoms with Gasteiger partial charge in [0.05, 0.1) is 0 Å². The van der Waals surface area contributed by atoms with Crippen LogP contribution < -0.4 is 0 Å². The number of hydrogen-bond acceptors (Lipinski definition) is 1. The molecule has 2 rings (SSSR count). The summed E-state index contributed by atoms with van der Waals surface area (Å²) >= 11 is 0. The number of nitrogens with zero attached hydrogens (tertiary/aromatic N) is 1. The molecule has 1 heterocycles. The number of rotatable bonds is 5. The maximum Gasteiger partial charge on any atom is 0.00506 e. The molecule has 1 spiro atoms. The van der Waals surface area contributed by atoms with Crippen molar-refractivity contribution in [3.63, 3.8) is 0 Å². The van der Waals surface area contributed by atoms with Crippen molar-refractivity contribution in [2.24, 2.45) is 23.2 Å². The van der Waals surface area contributed by atoms with Crippen molar-refractivity contribution in [2.75, 3.05) is 19.6 Å². The first-order chi connectivity index (χ1) is 8.49. The lowest BCUT2D eigenvalue weighted by molar-refractivity contribution is -0.0443. The van der Waals surface area contributed by atoms with Gasteiger partial charge in [0.1, 0.15) is 0 Å². The van der Waals surface area contributed by atoms with Crippen molar-refractivity contribution in [1.29, 1.82) is 0 Å². The minimum atomic E-state index is 0.753. The largest absolute Gasteiger partial charge is 0.302 e. The highest BCUT2D eigenvalue weighted by atomic mass is 15.2. The summed E-state index contributed by atoms with van der Waals surface area (Å²) in [6.07, 6.45) is 9.00. The molecule has 106 valence electrons. The maximum atomic E-state index is 2.68. The molecule has 1 aliphatic heterocycles. The normalized spacial score (nSPS) is 25.0. The van der Waals surface area contributed by atoms with Crippen LogP contribution in [-0.4, -0.2) is 24.5 Å². The standard InChI is InChI=1S/C17H33N/c1-14(2)5-6-16-7-9-17(10-8-16)12-18(13-17)11-15(3)4/h14-16H,5-13H2,1-4H3. The molecule has 18 heavy (non-hydrogen) atoms. The molecule has 1 aliphatic carbocycles. The van der Waals surface area contributed by atoms with Gasteiger partial charge in [-0.25, -0.2) is 0 Å².